The average molecular weight is 266 g/mol. The minimum Gasteiger partial charge on any atom is -0.349 e. The monoisotopic (exact) mass is 266 g/mol. The lowest BCUT2D eigenvalue weighted by molar-refractivity contribution is -0.124. The van der Waals surface area contributed by atoms with Crippen LogP contribution in [0.25, 0.3) is 0 Å². The van der Waals surface area contributed by atoms with Crippen molar-refractivity contribution in [2.45, 2.75) is 70.8 Å². The Hall–Kier alpha value is -0.570. The average Bonchev–Trinajstić information content (AvgIpc) is 3.24. The molecule has 2 fully saturated rings. The number of hydrogen-bond donors (Lipinski definition) is 2. The van der Waals surface area contributed by atoms with Crippen molar-refractivity contribution in [3.8, 4) is 0 Å². The third-order valence-corrected chi connectivity index (χ3v) is 5.29. The largest absolute Gasteiger partial charge is 0.349 e. The van der Waals surface area contributed by atoms with Gasteiger partial charge in [-0.1, -0.05) is 39.0 Å². The van der Waals surface area contributed by atoms with Gasteiger partial charge in [0.2, 0.25) is 5.91 Å². The minimum atomic E-state index is -0.163. The number of nitrogens with two attached hydrogens (primary N) is 1. The molecule has 2 saturated carbocycles. The third kappa shape index (κ3) is 3.95. The Morgan fingerprint density at radius 2 is 1.89 bits per heavy atom. The van der Waals surface area contributed by atoms with Crippen molar-refractivity contribution in [1.29, 1.82) is 0 Å². The van der Waals surface area contributed by atoms with Gasteiger partial charge >= 0.3 is 0 Å². The summed E-state index contributed by atoms with van der Waals surface area (Å²) in [5.74, 6) is 2.08. The van der Waals surface area contributed by atoms with E-state index in [9.17, 15) is 4.79 Å². The van der Waals surface area contributed by atoms with Crippen molar-refractivity contribution in [3.05, 3.63) is 0 Å². The van der Waals surface area contributed by atoms with Crippen molar-refractivity contribution in [2.24, 2.45) is 23.5 Å². The van der Waals surface area contributed by atoms with Gasteiger partial charge in [0, 0.05) is 13.0 Å². The van der Waals surface area contributed by atoms with E-state index in [4.69, 9.17) is 5.73 Å². The van der Waals surface area contributed by atoms with E-state index < -0.39 is 0 Å². The molecule has 0 spiro atoms. The van der Waals surface area contributed by atoms with Crippen molar-refractivity contribution in [2.75, 3.05) is 6.54 Å². The number of carbonyl (C=O) groups is 1. The normalized spacial score (nSPS) is 25.6. The van der Waals surface area contributed by atoms with Gasteiger partial charge in [0.15, 0.2) is 0 Å². The van der Waals surface area contributed by atoms with Gasteiger partial charge in [0.1, 0.15) is 0 Å². The fourth-order valence-corrected chi connectivity index (χ4v) is 3.57. The van der Waals surface area contributed by atoms with Gasteiger partial charge in [-0.05, 0) is 37.5 Å². The quantitative estimate of drug-likeness (QED) is 0.776. The van der Waals surface area contributed by atoms with Crippen molar-refractivity contribution in [3.63, 3.8) is 0 Å². The second kappa shape index (κ2) is 6.25. The van der Waals surface area contributed by atoms with Crippen LogP contribution in [0.2, 0.25) is 0 Å². The van der Waals surface area contributed by atoms with Gasteiger partial charge < -0.3 is 11.1 Å². The molecule has 2 rings (SSSR count). The van der Waals surface area contributed by atoms with E-state index in [-0.39, 0.29) is 11.4 Å². The molecule has 0 bridgehead atoms. The van der Waals surface area contributed by atoms with Gasteiger partial charge in [-0.25, -0.2) is 0 Å². The number of carbonyl (C=O) groups excluding carboxylic acids is 1. The maximum atomic E-state index is 12.2. The van der Waals surface area contributed by atoms with Gasteiger partial charge in [0.05, 0.1) is 5.54 Å². The molecular formula is C16H30N2O. The van der Waals surface area contributed by atoms with Gasteiger partial charge in [-0.3, -0.25) is 4.79 Å². The zero-order valence-corrected chi connectivity index (χ0v) is 12.6. The molecule has 0 aromatic heterocycles. The number of nitrogens with one attached hydrogen (secondary N) is 1. The van der Waals surface area contributed by atoms with E-state index in [1.165, 1.54) is 44.9 Å². The number of hydrogen-bond acceptors (Lipinski definition) is 2. The molecule has 110 valence electrons. The first kappa shape index (κ1) is 14.8. The Kier molecular flexibility index (Phi) is 4.88. The Bertz CT molecular complexity index is 308. The van der Waals surface area contributed by atoms with Gasteiger partial charge in [-0.2, -0.15) is 0 Å². The summed E-state index contributed by atoms with van der Waals surface area (Å²) in [6, 6.07) is 0. The van der Waals surface area contributed by atoms with Crippen LogP contribution >= 0.6 is 0 Å². The number of rotatable bonds is 6. The fraction of sp³-hybridized carbons (Fsp3) is 0.938. The summed E-state index contributed by atoms with van der Waals surface area (Å²) in [6.07, 6.45) is 9.79. The minimum absolute atomic E-state index is 0.163. The highest BCUT2D eigenvalue weighted by Crippen LogP contribution is 2.39. The van der Waals surface area contributed by atoms with E-state index in [0.29, 0.717) is 24.8 Å². The predicted octanol–water partition coefficient (Wildman–Crippen LogP) is 2.84. The molecule has 2 aliphatic rings. The lowest BCUT2D eigenvalue weighted by atomic mass is 9.79. The molecule has 3 N–H and O–H groups in total. The molecule has 0 aromatic rings. The van der Waals surface area contributed by atoms with Crippen LogP contribution < -0.4 is 11.1 Å². The molecule has 0 saturated heterocycles. The van der Waals surface area contributed by atoms with Crippen LogP contribution in [0.4, 0.5) is 0 Å². The highest BCUT2D eigenvalue weighted by Gasteiger charge is 2.41. The standard InChI is InChI=1S/C16H30N2O/c1-12(13-6-4-3-5-7-13)10-15(19)18-16(2,11-17)14-8-9-14/h12-14H,3-11,17H2,1-2H3,(H,18,19). The van der Waals surface area contributed by atoms with Crippen LogP contribution in [-0.2, 0) is 4.79 Å². The van der Waals surface area contributed by atoms with E-state index in [1.807, 2.05) is 0 Å². The molecule has 2 unspecified atom stereocenters. The van der Waals surface area contributed by atoms with Crippen LogP contribution in [0.5, 0.6) is 0 Å². The molecule has 0 radical (unpaired) electrons. The van der Waals surface area contributed by atoms with E-state index in [1.54, 1.807) is 0 Å². The first-order valence-electron chi connectivity index (χ1n) is 8.06. The second-order valence-electron chi connectivity index (χ2n) is 7.02. The van der Waals surface area contributed by atoms with E-state index in [0.717, 1.165) is 5.92 Å². The smallest absolute Gasteiger partial charge is 0.220 e. The molecule has 2 atom stereocenters. The Balaban J connectivity index is 1.79. The summed E-state index contributed by atoms with van der Waals surface area (Å²) in [4.78, 5) is 12.2. The molecule has 19 heavy (non-hydrogen) atoms. The lowest BCUT2D eigenvalue weighted by Gasteiger charge is -2.32. The zero-order chi connectivity index (χ0) is 13.9. The highest BCUT2D eigenvalue weighted by atomic mass is 16.1. The summed E-state index contributed by atoms with van der Waals surface area (Å²) in [5.41, 5.74) is 5.69. The molecule has 0 aromatic carbocycles. The number of amides is 1. The molecule has 2 aliphatic carbocycles. The lowest BCUT2D eigenvalue weighted by Crippen LogP contribution is -2.53. The van der Waals surface area contributed by atoms with Gasteiger partial charge in [0.25, 0.3) is 0 Å². The highest BCUT2D eigenvalue weighted by molar-refractivity contribution is 5.77. The summed E-state index contributed by atoms with van der Waals surface area (Å²) in [6.45, 7) is 4.90. The van der Waals surface area contributed by atoms with Crippen LogP contribution in [-0.4, -0.2) is 18.0 Å². The maximum Gasteiger partial charge on any atom is 0.220 e. The van der Waals surface area contributed by atoms with Crippen molar-refractivity contribution < 1.29 is 4.79 Å². The molecule has 1 amide bonds. The first-order valence-corrected chi connectivity index (χ1v) is 8.06. The molecule has 0 aliphatic heterocycles. The van der Waals surface area contributed by atoms with Gasteiger partial charge in [-0.15, -0.1) is 0 Å². The zero-order valence-electron chi connectivity index (χ0n) is 12.6. The molecule has 3 heteroatoms. The first-order chi connectivity index (χ1) is 9.05. The van der Waals surface area contributed by atoms with Crippen molar-refractivity contribution >= 4 is 5.91 Å². The summed E-state index contributed by atoms with van der Waals surface area (Å²) in [7, 11) is 0. The third-order valence-electron chi connectivity index (χ3n) is 5.29. The summed E-state index contributed by atoms with van der Waals surface area (Å²) in [5, 5.41) is 3.21. The maximum absolute atomic E-state index is 12.2. The van der Waals surface area contributed by atoms with Crippen LogP contribution in [0.15, 0.2) is 0 Å². The fourth-order valence-electron chi connectivity index (χ4n) is 3.57. The van der Waals surface area contributed by atoms with E-state index >= 15 is 0 Å². The summed E-state index contributed by atoms with van der Waals surface area (Å²) < 4.78 is 0. The Labute approximate surface area is 117 Å². The molecular weight excluding hydrogens is 236 g/mol. The Morgan fingerprint density at radius 3 is 2.42 bits per heavy atom. The van der Waals surface area contributed by atoms with E-state index in [2.05, 4.69) is 19.2 Å². The molecule has 0 heterocycles. The topological polar surface area (TPSA) is 55.1 Å². The Morgan fingerprint density at radius 1 is 1.26 bits per heavy atom. The summed E-state index contributed by atoms with van der Waals surface area (Å²) >= 11 is 0. The van der Waals surface area contributed by atoms with Crippen LogP contribution in [0.3, 0.4) is 0 Å². The SMILES string of the molecule is CC(CC(=O)NC(C)(CN)C1CC1)C1CCCCC1. The van der Waals surface area contributed by atoms with Crippen LogP contribution in [0.1, 0.15) is 65.2 Å². The van der Waals surface area contributed by atoms with Crippen molar-refractivity contribution in [1.82, 2.24) is 5.32 Å². The predicted molar refractivity (Wildman–Crippen MR) is 78.7 cm³/mol. The second-order valence-corrected chi connectivity index (χ2v) is 7.02. The molecule has 3 nitrogen and oxygen atoms in total. The van der Waals surface area contributed by atoms with Crippen LogP contribution in [0, 0.1) is 17.8 Å².